The van der Waals surface area contributed by atoms with Crippen molar-refractivity contribution in [3.8, 4) is 11.5 Å². The lowest BCUT2D eigenvalue weighted by Gasteiger charge is -2.11. The average Bonchev–Trinajstić information content (AvgIpc) is 2.62. The summed E-state index contributed by atoms with van der Waals surface area (Å²) in [7, 11) is 3.14. The smallest absolute Gasteiger partial charge is 0.250 e. The molecule has 0 aromatic heterocycles. The standard InChI is InChI=1S/C20H22N2O3S/c1-13-5-6-14(2)16(11-13)21-20(26)22-19(23)10-8-15-7-9-17(24-3)18(12-15)25-4/h5-12H,1-4H3,(H2,21,22,23,26). The van der Waals surface area contributed by atoms with E-state index in [4.69, 9.17) is 21.7 Å². The van der Waals surface area contributed by atoms with Gasteiger partial charge in [0.15, 0.2) is 16.6 Å². The Morgan fingerprint density at radius 1 is 1.04 bits per heavy atom. The summed E-state index contributed by atoms with van der Waals surface area (Å²) in [6.45, 7) is 3.97. The van der Waals surface area contributed by atoms with Crippen molar-refractivity contribution in [2.75, 3.05) is 19.5 Å². The summed E-state index contributed by atoms with van der Waals surface area (Å²) >= 11 is 5.20. The number of carbonyl (C=O) groups is 1. The molecule has 2 N–H and O–H groups in total. The topological polar surface area (TPSA) is 59.6 Å². The Morgan fingerprint density at radius 2 is 1.77 bits per heavy atom. The Balaban J connectivity index is 1.98. The maximum atomic E-state index is 12.1. The quantitative estimate of drug-likeness (QED) is 0.618. The van der Waals surface area contributed by atoms with Crippen LogP contribution in [0.3, 0.4) is 0 Å². The fourth-order valence-corrected chi connectivity index (χ4v) is 2.52. The number of methoxy groups -OCH3 is 2. The number of hydrogen-bond acceptors (Lipinski definition) is 4. The summed E-state index contributed by atoms with van der Waals surface area (Å²) in [5, 5.41) is 5.93. The molecule has 0 spiro atoms. The minimum Gasteiger partial charge on any atom is -0.493 e. The van der Waals surface area contributed by atoms with Gasteiger partial charge in [-0.2, -0.15) is 0 Å². The van der Waals surface area contributed by atoms with Crippen molar-refractivity contribution < 1.29 is 14.3 Å². The summed E-state index contributed by atoms with van der Waals surface area (Å²) in [5.41, 5.74) is 3.85. The van der Waals surface area contributed by atoms with Gasteiger partial charge < -0.3 is 14.8 Å². The van der Waals surface area contributed by atoms with Gasteiger partial charge in [0.1, 0.15) is 0 Å². The van der Waals surface area contributed by atoms with E-state index in [0.29, 0.717) is 11.5 Å². The molecule has 0 aliphatic carbocycles. The molecule has 0 fully saturated rings. The molecule has 5 nitrogen and oxygen atoms in total. The number of amides is 1. The van der Waals surface area contributed by atoms with E-state index in [1.807, 2.05) is 38.1 Å². The van der Waals surface area contributed by atoms with Crippen molar-refractivity contribution in [1.29, 1.82) is 0 Å². The third kappa shape index (κ3) is 5.32. The summed E-state index contributed by atoms with van der Waals surface area (Å²) in [4.78, 5) is 12.1. The third-order valence-corrected chi connectivity index (χ3v) is 3.92. The lowest BCUT2D eigenvalue weighted by Crippen LogP contribution is -2.33. The van der Waals surface area contributed by atoms with Gasteiger partial charge in [-0.1, -0.05) is 18.2 Å². The molecule has 2 aromatic rings. The van der Waals surface area contributed by atoms with E-state index in [9.17, 15) is 4.79 Å². The summed E-state index contributed by atoms with van der Waals surface area (Å²) in [6, 6.07) is 11.4. The van der Waals surface area contributed by atoms with Crippen LogP contribution in [-0.4, -0.2) is 25.2 Å². The van der Waals surface area contributed by atoms with Gasteiger partial charge in [0.25, 0.3) is 0 Å². The molecule has 0 bridgehead atoms. The zero-order valence-electron chi connectivity index (χ0n) is 15.3. The van der Waals surface area contributed by atoms with E-state index in [2.05, 4.69) is 10.6 Å². The molecule has 2 aromatic carbocycles. The molecule has 6 heteroatoms. The first-order chi connectivity index (χ1) is 12.4. The number of hydrogen-bond donors (Lipinski definition) is 2. The van der Waals surface area contributed by atoms with Gasteiger partial charge in [0.05, 0.1) is 14.2 Å². The second-order valence-electron chi connectivity index (χ2n) is 5.71. The largest absolute Gasteiger partial charge is 0.493 e. The molecule has 0 heterocycles. The molecule has 0 unspecified atom stereocenters. The van der Waals surface area contributed by atoms with Crippen molar-refractivity contribution in [3.63, 3.8) is 0 Å². The van der Waals surface area contributed by atoms with Crippen LogP contribution < -0.4 is 20.1 Å². The van der Waals surface area contributed by atoms with Crippen molar-refractivity contribution in [2.24, 2.45) is 0 Å². The minimum absolute atomic E-state index is 0.251. The third-order valence-electron chi connectivity index (χ3n) is 3.71. The zero-order chi connectivity index (χ0) is 19.1. The van der Waals surface area contributed by atoms with Crippen LogP contribution in [0, 0.1) is 13.8 Å². The highest BCUT2D eigenvalue weighted by molar-refractivity contribution is 7.80. The van der Waals surface area contributed by atoms with Gasteiger partial charge in [0, 0.05) is 11.8 Å². The number of rotatable bonds is 5. The van der Waals surface area contributed by atoms with E-state index < -0.39 is 0 Å². The van der Waals surface area contributed by atoms with E-state index in [1.54, 1.807) is 32.4 Å². The molecule has 26 heavy (non-hydrogen) atoms. The predicted molar refractivity (Wildman–Crippen MR) is 109 cm³/mol. The number of nitrogens with one attached hydrogen (secondary N) is 2. The van der Waals surface area contributed by atoms with Gasteiger partial charge in [-0.05, 0) is 67.0 Å². The maximum Gasteiger partial charge on any atom is 0.250 e. The average molecular weight is 370 g/mol. The molecule has 136 valence electrons. The van der Waals surface area contributed by atoms with Crippen LogP contribution in [0.2, 0.25) is 0 Å². The molecular weight excluding hydrogens is 348 g/mol. The summed E-state index contributed by atoms with van der Waals surface area (Å²) in [5.74, 6) is 0.915. The molecule has 0 aliphatic heterocycles. The fourth-order valence-electron chi connectivity index (χ4n) is 2.31. The zero-order valence-corrected chi connectivity index (χ0v) is 16.1. The van der Waals surface area contributed by atoms with Gasteiger partial charge in [-0.3, -0.25) is 10.1 Å². The van der Waals surface area contributed by atoms with Crippen LogP contribution in [0.25, 0.3) is 6.08 Å². The van der Waals surface area contributed by atoms with Crippen molar-refractivity contribution in [1.82, 2.24) is 5.32 Å². The van der Waals surface area contributed by atoms with Gasteiger partial charge in [0.2, 0.25) is 5.91 Å². The molecule has 0 atom stereocenters. The second-order valence-corrected chi connectivity index (χ2v) is 6.12. The van der Waals surface area contributed by atoms with Gasteiger partial charge in [-0.15, -0.1) is 0 Å². The molecule has 0 radical (unpaired) electrons. The van der Waals surface area contributed by atoms with Crippen LogP contribution in [0.4, 0.5) is 5.69 Å². The lowest BCUT2D eigenvalue weighted by molar-refractivity contribution is -0.115. The number of ether oxygens (including phenoxy) is 2. The number of carbonyl (C=O) groups excluding carboxylic acids is 1. The molecular formula is C20H22N2O3S. The maximum absolute atomic E-state index is 12.1. The molecule has 2 rings (SSSR count). The Kier molecular flexibility index (Phi) is 6.74. The van der Waals surface area contributed by atoms with E-state index in [1.165, 1.54) is 6.08 Å². The first kappa shape index (κ1) is 19.5. The summed E-state index contributed by atoms with van der Waals surface area (Å²) in [6.07, 6.45) is 3.09. The van der Waals surface area contributed by atoms with E-state index in [-0.39, 0.29) is 11.0 Å². The van der Waals surface area contributed by atoms with E-state index in [0.717, 1.165) is 22.4 Å². The monoisotopic (exact) mass is 370 g/mol. The van der Waals surface area contributed by atoms with Crippen LogP contribution in [-0.2, 0) is 4.79 Å². The number of aryl methyl sites for hydroxylation is 2. The van der Waals surface area contributed by atoms with Gasteiger partial charge >= 0.3 is 0 Å². The molecule has 0 aliphatic rings. The Morgan fingerprint density at radius 3 is 2.46 bits per heavy atom. The first-order valence-corrected chi connectivity index (χ1v) is 8.43. The predicted octanol–water partition coefficient (Wildman–Crippen LogP) is 3.85. The van der Waals surface area contributed by atoms with Crippen LogP contribution >= 0.6 is 12.2 Å². The number of thiocarbonyl (C=S) groups is 1. The highest BCUT2D eigenvalue weighted by atomic mass is 32.1. The Bertz CT molecular complexity index is 847. The summed E-state index contributed by atoms with van der Waals surface area (Å²) < 4.78 is 10.4. The second kappa shape index (κ2) is 9.01. The minimum atomic E-state index is -0.317. The van der Waals surface area contributed by atoms with Crippen LogP contribution in [0.5, 0.6) is 11.5 Å². The number of benzene rings is 2. The fraction of sp³-hybridized carbons (Fsp3) is 0.200. The highest BCUT2D eigenvalue weighted by Crippen LogP contribution is 2.27. The highest BCUT2D eigenvalue weighted by Gasteiger charge is 2.05. The van der Waals surface area contributed by atoms with Crippen LogP contribution in [0.1, 0.15) is 16.7 Å². The lowest BCUT2D eigenvalue weighted by atomic mass is 10.1. The van der Waals surface area contributed by atoms with Crippen molar-refractivity contribution in [3.05, 3.63) is 59.2 Å². The molecule has 0 saturated heterocycles. The Hall–Kier alpha value is -2.86. The molecule has 0 saturated carbocycles. The number of anilines is 1. The van der Waals surface area contributed by atoms with Gasteiger partial charge in [-0.25, -0.2) is 0 Å². The SMILES string of the molecule is COc1ccc(C=CC(=O)NC(=S)Nc2cc(C)ccc2C)cc1OC. The normalized spacial score (nSPS) is 10.5. The van der Waals surface area contributed by atoms with Crippen LogP contribution in [0.15, 0.2) is 42.5 Å². The van der Waals surface area contributed by atoms with Crippen molar-refractivity contribution in [2.45, 2.75) is 13.8 Å². The van der Waals surface area contributed by atoms with E-state index >= 15 is 0 Å². The Labute approximate surface area is 159 Å². The van der Waals surface area contributed by atoms with Crippen molar-refractivity contribution >= 4 is 35.0 Å². The first-order valence-electron chi connectivity index (χ1n) is 8.02. The molecule has 1 amide bonds.